The van der Waals surface area contributed by atoms with Gasteiger partial charge in [0.15, 0.2) is 0 Å². The number of carbonyl (C=O) groups is 2. The van der Waals surface area contributed by atoms with Gasteiger partial charge in [-0.3, -0.25) is 4.79 Å². The van der Waals surface area contributed by atoms with Crippen LogP contribution in [0.15, 0.2) is 30.3 Å². The summed E-state index contributed by atoms with van der Waals surface area (Å²) in [5.74, 6) is -1.44. The Kier molecular flexibility index (Phi) is 4.88. The first-order valence-electron chi connectivity index (χ1n) is 5.78. The van der Waals surface area contributed by atoms with Crippen molar-refractivity contribution in [2.45, 2.75) is 26.7 Å². The van der Waals surface area contributed by atoms with E-state index in [4.69, 9.17) is 4.74 Å². The average molecular weight is 234 g/mol. The van der Waals surface area contributed by atoms with Crippen LogP contribution in [0.25, 0.3) is 0 Å². The van der Waals surface area contributed by atoms with Crippen LogP contribution in [0.4, 0.5) is 0 Å². The Morgan fingerprint density at radius 1 is 1.12 bits per heavy atom. The minimum absolute atomic E-state index is 0.235. The monoisotopic (exact) mass is 234 g/mol. The second kappa shape index (κ2) is 6.18. The quantitative estimate of drug-likeness (QED) is 0.581. The van der Waals surface area contributed by atoms with Gasteiger partial charge in [0.05, 0.1) is 12.5 Å². The fourth-order valence-corrected chi connectivity index (χ4v) is 1.38. The van der Waals surface area contributed by atoms with Crippen LogP contribution in [-0.2, 0) is 14.3 Å². The maximum atomic E-state index is 11.8. The van der Waals surface area contributed by atoms with Gasteiger partial charge in [0.1, 0.15) is 0 Å². The van der Waals surface area contributed by atoms with Gasteiger partial charge < -0.3 is 4.74 Å². The molecule has 0 bridgehead atoms. The smallest absolute Gasteiger partial charge is 0.375 e. The highest BCUT2D eigenvalue weighted by molar-refractivity contribution is 6.35. The first kappa shape index (κ1) is 13.4. The van der Waals surface area contributed by atoms with E-state index in [0.717, 1.165) is 5.56 Å². The van der Waals surface area contributed by atoms with E-state index in [2.05, 4.69) is 0 Å². The summed E-state index contributed by atoms with van der Waals surface area (Å²) in [4.78, 5) is 23.3. The SMILES string of the molecule is CC(C)COC(=O)C(=O)C(C)c1ccccc1. The van der Waals surface area contributed by atoms with E-state index in [-0.39, 0.29) is 12.5 Å². The molecule has 0 aliphatic rings. The Morgan fingerprint density at radius 3 is 2.24 bits per heavy atom. The molecule has 0 saturated carbocycles. The number of Topliss-reactive ketones (excluding diaryl/α,β-unsaturated/α-hetero) is 1. The van der Waals surface area contributed by atoms with Crippen LogP contribution in [0, 0.1) is 5.92 Å². The van der Waals surface area contributed by atoms with Gasteiger partial charge in [-0.05, 0) is 11.5 Å². The van der Waals surface area contributed by atoms with Gasteiger partial charge in [-0.25, -0.2) is 4.79 Å². The van der Waals surface area contributed by atoms with E-state index >= 15 is 0 Å². The molecule has 0 spiro atoms. The number of ether oxygens (including phenoxy) is 1. The van der Waals surface area contributed by atoms with Crippen LogP contribution < -0.4 is 0 Å². The average Bonchev–Trinajstić information content (AvgIpc) is 2.35. The summed E-state index contributed by atoms with van der Waals surface area (Å²) in [6.07, 6.45) is 0. The van der Waals surface area contributed by atoms with Gasteiger partial charge in [-0.15, -0.1) is 0 Å². The summed E-state index contributed by atoms with van der Waals surface area (Å²) in [7, 11) is 0. The molecule has 17 heavy (non-hydrogen) atoms. The van der Waals surface area contributed by atoms with Crippen molar-refractivity contribution in [3.63, 3.8) is 0 Å². The molecule has 0 fully saturated rings. The van der Waals surface area contributed by atoms with Crippen LogP contribution in [0.1, 0.15) is 32.3 Å². The Morgan fingerprint density at radius 2 is 1.71 bits per heavy atom. The van der Waals surface area contributed by atoms with Crippen LogP contribution in [-0.4, -0.2) is 18.4 Å². The highest BCUT2D eigenvalue weighted by Gasteiger charge is 2.24. The lowest BCUT2D eigenvalue weighted by Crippen LogP contribution is -2.24. The highest BCUT2D eigenvalue weighted by atomic mass is 16.5. The minimum Gasteiger partial charge on any atom is -0.460 e. The third-order valence-corrected chi connectivity index (χ3v) is 2.44. The molecule has 0 saturated heterocycles. The highest BCUT2D eigenvalue weighted by Crippen LogP contribution is 2.16. The number of hydrogen-bond acceptors (Lipinski definition) is 3. The molecule has 0 aliphatic heterocycles. The van der Waals surface area contributed by atoms with Gasteiger partial charge >= 0.3 is 5.97 Å². The van der Waals surface area contributed by atoms with Crippen molar-refractivity contribution < 1.29 is 14.3 Å². The van der Waals surface area contributed by atoms with E-state index in [1.54, 1.807) is 6.92 Å². The first-order chi connectivity index (χ1) is 8.02. The molecule has 1 aromatic rings. The molecular formula is C14H18O3. The summed E-state index contributed by atoms with van der Waals surface area (Å²) >= 11 is 0. The standard InChI is InChI=1S/C14H18O3/c1-10(2)9-17-14(16)13(15)11(3)12-7-5-4-6-8-12/h4-8,10-11H,9H2,1-3H3. The fraction of sp³-hybridized carbons (Fsp3) is 0.429. The topological polar surface area (TPSA) is 43.4 Å². The lowest BCUT2D eigenvalue weighted by molar-refractivity contribution is -0.155. The van der Waals surface area contributed by atoms with E-state index in [0.29, 0.717) is 0 Å². The molecule has 0 aromatic heterocycles. The Balaban J connectivity index is 2.61. The van der Waals surface area contributed by atoms with Crippen LogP contribution >= 0.6 is 0 Å². The number of carbonyl (C=O) groups excluding carboxylic acids is 2. The van der Waals surface area contributed by atoms with Crippen LogP contribution in [0.3, 0.4) is 0 Å². The predicted molar refractivity (Wildman–Crippen MR) is 65.7 cm³/mol. The fourth-order valence-electron chi connectivity index (χ4n) is 1.38. The van der Waals surface area contributed by atoms with E-state index in [1.165, 1.54) is 0 Å². The van der Waals surface area contributed by atoms with Crippen molar-refractivity contribution in [3.05, 3.63) is 35.9 Å². The van der Waals surface area contributed by atoms with Crippen molar-refractivity contribution >= 4 is 11.8 Å². The maximum Gasteiger partial charge on any atom is 0.375 e. The lowest BCUT2D eigenvalue weighted by atomic mass is 9.97. The van der Waals surface area contributed by atoms with Crippen molar-refractivity contribution in [2.24, 2.45) is 5.92 Å². The molecule has 1 rings (SSSR count). The zero-order valence-corrected chi connectivity index (χ0v) is 10.5. The number of rotatable bonds is 5. The third kappa shape index (κ3) is 4.02. The molecule has 0 amide bonds. The molecule has 1 atom stereocenters. The summed E-state index contributed by atoms with van der Waals surface area (Å²) in [6.45, 7) is 5.86. The van der Waals surface area contributed by atoms with Gasteiger partial charge in [0.25, 0.3) is 0 Å². The normalized spacial score (nSPS) is 12.2. The molecule has 0 heterocycles. The van der Waals surface area contributed by atoms with Crippen molar-refractivity contribution in [3.8, 4) is 0 Å². The molecule has 3 heteroatoms. The number of benzene rings is 1. The van der Waals surface area contributed by atoms with Crippen molar-refractivity contribution in [1.82, 2.24) is 0 Å². The number of esters is 1. The second-order valence-corrected chi connectivity index (χ2v) is 4.49. The third-order valence-electron chi connectivity index (χ3n) is 2.44. The molecule has 0 radical (unpaired) electrons. The zero-order chi connectivity index (χ0) is 12.8. The van der Waals surface area contributed by atoms with Crippen LogP contribution in [0.5, 0.6) is 0 Å². The van der Waals surface area contributed by atoms with E-state index in [9.17, 15) is 9.59 Å². The predicted octanol–water partition coefficient (Wildman–Crippen LogP) is 2.56. The first-order valence-corrected chi connectivity index (χ1v) is 5.78. The Hall–Kier alpha value is -1.64. The number of ketones is 1. The largest absolute Gasteiger partial charge is 0.460 e. The molecule has 0 aliphatic carbocycles. The lowest BCUT2D eigenvalue weighted by Gasteiger charge is -2.11. The molecule has 1 aromatic carbocycles. The second-order valence-electron chi connectivity index (χ2n) is 4.49. The molecule has 92 valence electrons. The van der Waals surface area contributed by atoms with Gasteiger partial charge in [-0.2, -0.15) is 0 Å². The van der Waals surface area contributed by atoms with E-state index in [1.807, 2.05) is 44.2 Å². The van der Waals surface area contributed by atoms with Crippen molar-refractivity contribution in [1.29, 1.82) is 0 Å². The summed E-state index contributed by atoms with van der Waals surface area (Å²) in [6, 6.07) is 9.23. The maximum absolute atomic E-state index is 11.8. The summed E-state index contributed by atoms with van der Waals surface area (Å²) < 4.78 is 4.92. The summed E-state index contributed by atoms with van der Waals surface area (Å²) in [5, 5.41) is 0. The van der Waals surface area contributed by atoms with Crippen molar-refractivity contribution in [2.75, 3.05) is 6.61 Å². The molecule has 1 unspecified atom stereocenters. The van der Waals surface area contributed by atoms with Gasteiger partial charge in [0.2, 0.25) is 5.78 Å². The zero-order valence-electron chi connectivity index (χ0n) is 10.5. The van der Waals surface area contributed by atoms with Gasteiger partial charge in [-0.1, -0.05) is 51.1 Å². The molecule has 0 N–H and O–H groups in total. The molecular weight excluding hydrogens is 216 g/mol. The van der Waals surface area contributed by atoms with E-state index < -0.39 is 17.7 Å². The minimum atomic E-state index is -0.741. The molecule has 3 nitrogen and oxygen atoms in total. The Bertz CT molecular complexity index is 382. The summed E-state index contributed by atoms with van der Waals surface area (Å²) in [5.41, 5.74) is 0.832. The Labute approximate surface area is 102 Å². The van der Waals surface area contributed by atoms with Crippen LogP contribution in [0.2, 0.25) is 0 Å². The van der Waals surface area contributed by atoms with Gasteiger partial charge in [0, 0.05) is 0 Å². The number of hydrogen-bond donors (Lipinski definition) is 0.